The van der Waals surface area contributed by atoms with Crippen molar-refractivity contribution in [3.8, 4) is 5.75 Å². The predicted octanol–water partition coefficient (Wildman–Crippen LogP) is 2.87. The summed E-state index contributed by atoms with van der Waals surface area (Å²) in [5.41, 5.74) is 1.08. The van der Waals surface area contributed by atoms with E-state index in [-0.39, 0.29) is 23.7 Å². The Kier molecular flexibility index (Phi) is 5.71. The quantitative estimate of drug-likeness (QED) is 0.655. The number of carbonyl (C=O) groups excluding carboxylic acids is 1. The molecular weight excluding hydrogens is 384 g/mol. The normalized spacial score (nSPS) is 11.2. The molecule has 3 rings (SSSR count). The number of hydrogen-bond acceptors (Lipinski definition) is 6. The van der Waals surface area contributed by atoms with Crippen molar-refractivity contribution in [2.24, 2.45) is 0 Å². The number of likely N-dealkylation sites (N-methyl/N-ethyl adjacent to an activating group) is 1. The smallest absolute Gasteiger partial charge is 0.277 e. The van der Waals surface area contributed by atoms with E-state index >= 15 is 0 Å². The minimum atomic E-state index is -0.412. The van der Waals surface area contributed by atoms with Gasteiger partial charge in [0.25, 0.3) is 5.56 Å². The summed E-state index contributed by atoms with van der Waals surface area (Å²) in [6, 6.07) is 5.33. The third-order valence-corrected chi connectivity index (χ3v) is 4.58. The Morgan fingerprint density at radius 1 is 1.36 bits per heavy atom. The molecule has 9 heteroatoms. The number of nitrogens with one attached hydrogen (secondary N) is 2. The fourth-order valence-corrected chi connectivity index (χ4v) is 3.35. The number of amides is 1. The maximum atomic E-state index is 12.5. The van der Waals surface area contributed by atoms with Gasteiger partial charge in [-0.3, -0.25) is 19.8 Å². The number of anilines is 1. The van der Waals surface area contributed by atoms with Gasteiger partial charge in [0.1, 0.15) is 16.9 Å². The van der Waals surface area contributed by atoms with Gasteiger partial charge in [-0.05, 0) is 39.1 Å². The molecule has 0 unspecified atom stereocenters. The second-order valence-electron chi connectivity index (χ2n) is 6.55. The van der Waals surface area contributed by atoms with Crippen LogP contribution in [0.2, 0.25) is 5.02 Å². The summed E-state index contributed by atoms with van der Waals surface area (Å²) in [5.74, 6) is 1.03. The highest BCUT2D eigenvalue weighted by atomic mass is 35.5. The Labute approximate surface area is 166 Å². The number of halogens is 1. The Hall–Kier alpha value is -2.84. The van der Waals surface area contributed by atoms with Crippen LogP contribution in [0, 0.1) is 13.8 Å². The lowest BCUT2D eigenvalue weighted by molar-refractivity contribution is -0.117. The number of aromatic nitrogens is 2. The zero-order chi connectivity index (χ0) is 20.4. The first-order chi connectivity index (χ1) is 13.3. The summed E-state index contributed by atoms with van der Waals surface area (Å²) in [4.78, 5) is 26.4. The van der Waals surface area contributed by atoms with Crippen LogP contribution < -0.4 is 15.6 Å². The van der Waals surface area contributed by atoms with Crippen LogP contribution in [-0.2, 0) is 11.3 Å². The van der Waals surface area contributed by atoms with Crippen LogP contribution in [0.3, 0.4) is 0 Å². The maximum Gasteiger partial charge on any atom is 0.277 e. The van der Waals surface area contributed by atoms with Gasteiger partial charge in [-0.15, -0.1) is 0 Å². The van der Waals surface area contributed by atoms with E-state index in [0.717, 1.165) is 5.56 Å². The van der Waals surface area contributed by atoms with Gasteiger partial charge in [-0.2, -0.15) is 5.10 Å². The summed E-state index contributed by atoms with van der Waals surface area (Å²) in [6.07, 6.45) is 0. The van der Waals surface area contributed by atoms with E-state index in [1.54, 1.807) is 51.1 Å². The molecule has 0 aliphatic carbocycles. The van der Waals surface area contributed by atoms with Gasteiger partial charge in [0.2, 0.25) is 11.8 Å². The highest BCUT2D eigenvalue weighted by Gasteiger charge is 2.19. The van der Waals surface area contributed by atoms with Gasteiger partial charge >= 0.3 is 0 Å². The van der Waals surface area contributed by atoms with Crippen LogP contribution in [0.1, 0.15) is 17.0 Å². The molecule has 1 amide bonds. The molecule has 3 aromatic rings. The third kappa shape index (κ3) is 4.02. The third-order valence-electron chi connectivity index (χ3n) is 4.35. The highest BCUT2D eigenvalue weighted by Crippen LogP contribution is 2.28. The number of aromatic amines is 1. The number of rotatable bonds is 6. The van der Waals surface area contributed by atoms with E-state index in [2.05, 4.69) is 15.5 Å². The van der Waals surface area contributed by atoms with E-state index in [1.165, 1.54) is 0 Å². The minimum Gasteiger partial charge on any atom is -0.496 e. The molecule has 1 aromatic carbocycles. The Morgan fingerprint density at radius 3 is 2.82 bits per heavy atom. The zero-order valence-corrected chi connectivity index (χ0v) is 16.8. The predicted molar refractivity (Wildman–Crippen MR) is 107 cm³/mol. The van der Waals surface area contributed by atoms with Gasteiger partial charge in [0.15, 0.2) is 0 Å². The first-order valence-electron chi connectivity index (χ1n) is 8.59. The Morgan fingerprint density at radius 2 is 2.11 bits per heavy atom. The molecule has 148 valence electrons. The minimum absolute atomic E-state index is 0.0822. The second-order valence-corrected chi connectivity index (χ2v) is 6.99. The van der Waals surface area contributed by atoms with Gasteiger partial charge in [0, 0.05) is 17.1 Å². The number of H-pyrrole nitrogens is 1. The van der Waals surface area contributed by atoms with Crippen LogP contribution in [0.4, 0.5) is 5.88 Å². The summed E-state index contributed by atoms with van der Waals surface area (Å²) < 4.78 is 10.9. The van der Waals surface area contributed by atoms with E-state index < -0.39 is 5.56 Å². The van der Waals surface area contributed by atoms with Gasteiger partial charge in [-0.1, -0.05) is 11.6 Å². The number of hydrogen-bond donors (Lipinski definition) is 2. The average Bonchev–Trinajstić information content (AvgIpc) is 2.95. The van der Waals surface area contributed by atoms with Gasteiger partial charge in [0.05, 0.1) is 24.7 Å². The molecular formula is C19H21ClN4O4. The van der Waals surface area contributed by atoms with Crippen molar-refractivity contribution in [3.05, 3.63) is 50.6 Å². The largest absolute Gasteiger partial charge is 0.496 e. The molecule has 0 fully saturated rings. The van der Waals surface area contributed by atoms with Crippen LogP contribution in [0.5, 0.6) is 5.75 Å². The molecule has 0 saturated heterocycles. The fraction of sp³-hybridized carbons (Fsp3) is 0.316. The number of methoxy groups -OCH3 is 1. The molecule has 0 radical (unpaired) electrons. The molecule has 0 saturated carbocycles. The molecule has 28 heavy (non-hydrogen) atoms. The van der Waals surface area contributed by atoms with Crippen molar-refractivity contribution >= 4 is 34.2 Å². The average molecular weight is 405 g/mol. The molecule has 2 heterocycles. The van der Waals surface area contributed by atoms with Crippen molar-refractivity contribution in [1.29, 1.82) is 0 Å². The zero-order valence-electron chi connectivity index (χ0n) is 16.1. The number of nitrogens with zero attached hydrogens (tertiary/aromatic N) is 2. The first-order valence-corrected chi connectivity index (χ1v) is 8.97. The van der Waals surface area contributed by atoms with E-state index in [9.17, 15) is 9.59 Å². The SMILES string of the molecule is COc1ccc(Cl)cc1CN(C)CC(=O)Nc1oc(C)c2c(C)n[nH]c(=O)c12. The number of benzene rings is 1. The van der Waals surface area contributed by atoms with Crippen LogP contribution in [0.25, 0.3) is 10.8 Å². The lowest BCUT2D eigenvalue weighted by Gasteiger charge is -2.18. The standard InChI is InChI=1S/C19H21ClN4O4/c1-10-16-11(2)28-19(17(16)18(26)23-22-10)21-15(25)9-24(3)8-12-7-13(20)5-6-14(12)27-4/h5-7H,8-9H2,1-4H3,(H,21,25)(H,23,26). The first kappa shape index (κ1) is 19.9. The molecule has 2 N–H and O–H groups in total. The van der Waals surface area contributed by atoms with E-state index in [0.29, 0.717) is 34.2 Å². The summed E-state index contributed by atoms with van der Waals surface area (Å²) in [6.45, 7) is 4.03. The van der Waals surface area contributed by atoms with Gasteiger partial charge < -0.3 is 9.15 Å². The molecule has 0 spiro atoms. The molecule has 0 aliphatic rings. The number of aryl methyl sites for hydroxylation is 2. The summed E-state index contributed by atoms with van der Waals surface area (Å²) in [7, 11) is 3.38. The molecule has 0 aliphatic heterocycles. The molecule has 0 atom stereocenters. The van der Waals surface area contributed by atoms with Crippen molar-refractivity contribution in [2.75, 3.05) is 26.0 Å². The Balaban J connectivity index is 1.75. The van der Waals surface area contributed by atoms with Crippen molar-refractivity contribution in [2.45, 2.75) is 20.4 Å². The summed E-state index contributed by atoms with van der Waals surface area (Å²) in [5, 5.41) is 10.5. The summed E-state index contributed by atoms with van der Waals surface area (Å²) >= 11 is 6.05. The van der Waals surface area contributed by atoms with Crippen molar-refractivity contribution < 1.29 is 13.9 Å². The number of ether oxygens (including phenoxy) is 1. The lowest BCUT2D eigenvalue weighted by atomic mass is 10.2. The molecule has 2 aromatic heterocycles. The van der Waals surface area contributed by atoms with Crippen molar-refractivity contribution in [3.63, 3.8) is 0 Å². The Bertz CT molecular complexity index is 1090. The van der Waals surface area contributed by atoms with Crippen LogP contribution >= 0.6 is 11.6 Å². The number of carbonyl (C=O) groups is 1. The molecule has 0 bridgehead atoms. The number of fused-ring (bicyclic) bond motifs is 1. The monoisotopic (exact) mass is 404 g/mol. The van der Waals surface area contributed by atoms with E-state index in [1.807, 2.05) is 0 Å². The molecule has 8 nitrogen and oxygen atoms in total. The number of furan rings is 1. The second kappa shape index (κ2) is 8.04. The van der Waals surface area contributed by atoms with E-state index in [4.69, 9.17) is 20.8 Å². The lowest BCUT2D eigenvalue weighted by Crippen LogP contribution is -2.30. The topological polar surface area (TPSA) is 100 Å². The van der Waals surface area contributed by atoms with Gasteiger partial charge in [-0.25, -0.2) is 5.10 Å². The van der Waals surface area contributed by atoms with Crippen LogP contribution in [0.15, 0.2) is 27.4 Å². The van der Waals surface area contributed by atoms with Crippen molar-refractivity contribution in [1.82, 2.24) is 15.1 Å². The fourth-order valence-electron chi connectivity index (χ4n) is 3.16. The van der Waals surface area contributed by atoms with Crippen LogP contribution in [-0.4, -0.2) is 41.7 Å². The maximum absolute atomic E-state index is 12.5. The highest BCUT2D eigenvalue weighted by molar-refractivity contribution is 6.30.